The first-order valence-electron chi connectivity index (χ1n) is 3.58. The fourth-order valence-corrected chi connectivity index (χ4v) is 3.64. The van der Waals surface area contributed by atoms with E-state index < -0.39 is 0 Å². The molecule has 1 aliphatic rings. The molecule has 1 fully saturated rings. The third-order valence-electron chi connectivity index (χ3n) is 2.08. The van der Waals surface area contributed by atoms with Crippen molar-refractivity contribution in [3.63, 3.8) is 0 Å². The maximum Gasteiger partial charge on any atom is 0.0479 e. The lowest BCUT2D eigenvalue weighted by Gasteiger charge is -2.34. The van der Waals surface area contributed by atoms with Gasteiger partial charge >= 0.3 is 0 Å². The van der Waals surface area contributed by atoms with E-state index in [9.17, 15) is 0 Å². The van der Waals surface area contributed by atoms with Crippen molar-refractivity contribution in [2.45, 2.75) is 34.8 Å². The molecule has 0 heterocycles. The summed E-state index contributed by atoms with van der Waals surface area (Å²) in [6.45, 7) is 0. The van der Waals surface area contributed by atoms with Crippen LogP contribution in [0.4, 0.5) is 0 Å². The summed E-state index contributed by atoms with van der Waals surface area (Å²) in [4.78, 5) is 0.646. The van der Waals surface area contributed by atoms with Gasteiger partial charge < -0.3 is 0 Å². The lowest BCUT2D eigenvalue weighted by molar-refractivity contribution is 0.453. The molecule has 0 nitrogen and oxygen atoms in total. The van der Waals surface area contributed by atoms with Gasteiger partial charge in [0, 0.05) is 14.5 Å². The second kappa shape index (κ2) is 3.90. The molecule has 1 rings (SSSR count). The standard InChI is InChI=1S/C7H11Br3/c8-5-7(10)4-2-1-3-6(7)9/h6H,1-5H2/t6-,7+/m0/s1. The lowest BCUT2D eigenvalue weighted by Crippen LogP contribution is -2.36. The zero-order valence-corrected chi connectivity index (χ0v) is 10.5. The molecule has 0 saturated heterocycles. The molecular formula is C7H11Br3. The monoisotopic (exact) mass is 332 g/mol. The Bertz CT molecular complexity index is 115. The Morgan fingerprint density at radius 1 is 1.40 bits per heavy atom. The smallest absolute Gasteiger partial charge is 0.0479 e. The van der Waals surface area contributed by atoms with Crippen LogP contribution in [0.3, 0.4) is 0 Å². The van der Waals surface area contributed by atoms with Crippen molar-refractivity contribution < 1.29 is 0 Å². The average Bonchev–Trinajstić information content (AvgIpc) is 1.96. The zero-order chi connectivity index (χ0) is 7.61. The van der Waals surface area contributed by atoms with Crippen molar-refractivity contribution in [1.29, 1.82) is 0 Å². The summed E-state index contributed by atoms with van der Waals surface area (Å²) in [7, 11) is 0. The highest BCUT2D eigenvalue weighted by atomic mass is 79.9. The van der Waals surface area contributed by atoms with Crippen molar-refractivity contribution in [3.8, 4) is 0 Å². The Hall–Kier alpha value is 1.44. The third-order valence-corrected chi connectivity index (χ3v) is 7.01. The SMILES string of the molecule is BrC[C@]1(Br)CCCC[C@@H]1Br. The van der Waals surface area contributed by atoms with Gasteiger partial charge in [-0.1, -0.05) is 60.6 Å². The highest BCUT2D eigenvalue weighted by Crippen LogP contribution is 2.41. The minimum atomic E-state index is 0.325. The molecule has 0 bridgehead atoms. The zero-order valence-electron chi connectivity index (χ0n) is 5.75. The van der Waals surface area contributed by atoms with Crippen LogP contribution >= 0.6 is 47.8 Å². The van der Waals surface area contributed by atoms with Crippen molar-refractivity contribution in [2.75, 3.05) is 5.33 Å². The van der Waals surface area contributed by atoms with E-state index in [0.29, 0.717) is 9.15 Å². The Morgan fingerprint density at radius 3 is 2.50 bits per heavy atom. The van der Waals surface area contributed by atoms with Gasteiger partial charge in [0.25, 0.3) is 0 Å². The third kappa shape index (κ3) is 1.98. The molecule has 60 valence electrons. The molecule has 0 aromatic carbocycles. The highest BCUT2D eigenvalue weighted by Gasteiger charge is 2.35. The number of hydrogen-bond donors (Lipinski definition) is 0. The van der Waals surface area contributed by atoms with Crippen LogP contribution in [-0.4, -0.2) is 14.5 Å². The van der Waals surface area contributed by atoms with E-state index in [2.05, 4.69) is 47.8 Å². The van der Waals surface area contributed by atoms with Gasteiger partial charge in [0.15, 0.2) is 0 Å². The summed E-state index contributed by atoms with van der Waals surface area (Å²) in [5, 5.41) is 1.05. The normalized spacial score (nSPS) is 41.7. The van der Waals surface area contributed by atoms with Crippen LogP contribution in [0.15, 0.2) is 0 Å². The molecular weight excluding hydrogens is 324 g/mol. The fourth-order valence-electron chi connectivity index (χ4n) is 1.31. The van der Waals surface area contributed by atoms with E-state index in [4.69, 9.17) is 0 Å². The second-order valence-electron chi connectivity index (χ2n) is 2.88. The van der Waals surface area contributed by atoms with Crippen LogP contribution in [0, 0.1) is 0 Å². The predicted octanol–water partition coefficient (Wildman–Crippen LogP) is 3.85. The molecule has 10 heavy (non-hydrogen) atoms. The van der Waals surface area contributed by atoms with E-state index in [-0.39, 0.29) is 0 Å². The summed E-state index contributed by atoms with van der Waals surface area (Å²) in [6, 6.07) is 0. The van der Waals surface area contributed by atoms with Crippen LogP contribution in [0.1, 0.15) is 25.7 Å². The minimum absolute atomic E-state index is 0.325. The number of halogens is 3. The minimum Gasteiger partial charge on any atom is -0.0912 e. The van der Waals surface area contributed by atoms with Crippen molar-refractivity contribution in [3.05, 3.63) is 0 Å². The fraction of sp³-hybridized carbons (Fsp3) is 1.00. The Balaban J connectivity index is 2.54. The van der Waals surface area contributed by atoms with E-state index in [1.165, 1.54) is 25.7 Å². The summed E-state index contributed by atoms with van der Waals surface area (Å²) < 4.78 is 0.325. The topological polar surface area (TPSA) is 0 Å². The Kier molecular flexibility index (Phi) is 3.72. The molecule has 0 N–H and O–H groups in total. The number of hydrogen-bond acceptors (Lipinski definition) is 0. The number of rotatable bonds is 1. The molecule has 0 aliphatic heterocycles. The van der Waals surface area contributed by atoms with E-state index in [1.807, 2.05) is 0 Å². The van der Waals surface area contributed by atoms with Gasteiger partial charge in [0.1, 0.15) is 0 Å². The van der Waals surface area contributed by atoms with E-state index in [0.717, 1.165) is 5.33 Å². The van der Waals surface area contributed by atoms with E-state index >= 15 is 0 Å². The molecule has 0 radical (unpaired) electrons. The quantitative estimate of drug-likeness (QED) is 0.639. The molecule has 0 amide bonds. The summed E-state index contributed by atoms with van der Waals surface area (Å²) in [6.07, 6.45) is 5.32. The van der Waals surface area contributed by atoms with Gasteiger partial charge in [-0.15, -0.1) is 0 Å². The van der Waals surface area contributed by atoms with Gasteiger partial charge in [-0.25, -0.2) is 0 Å². The summed E-state index contributed by atoms with van der Waals surface area (Å²) >= 11 is 11.0. The first-order valence-corrected chi connectivity index (χ1v) is 6.41. The van der Waals surface area contributed by atoms with Gasteiger partial charge in [0.2, 0.25) is 0 Å². The van der Waals surface area contributed by atoms with Crippen LogP contribution in [0.5, 0.6) is 0 Å². The molecule has 0 spiro atoms. The summed E-state index contributed by atoms with van der Waals surface area (Å²) in [5.74, 6) is 0. The lowest BCUT2D eigenvalue weighted by atomic mass is 9.90. The molecule has 1 saturated carbocycles. The van der Waals surface area contributed by atoms with Gasteiger partial charge in [-0.2, -0.15) is 0 Å². The first kappa shape index (κ1) is 9.53. The molecule has 0 unspecified atom stereocenters. The van der Waals surface area contributed by atoms with Crippen LogP contribution in [0.2, 0.25) is 0 Å². The van der Waals surface area contributed by atoms with Crippen LogP contribution in [0.25, 0.3) is 0 Å². The Morgan fingerprint density at radius 2 is 2.10 bits per heavy atom. The van der Waals surface area contributed by atoms with Gasteiger partial charge in [-0.3, -0.25) is 0 Å². The van der Waals surface area contributed by atoms with Gasteiger partial charge in [0.05, 0.1) is 0 Å². The van der Waals surface area contributed by atoms with Crippen LogP contribution < -0.4 is 0 Å². The van der Waals surface area contributed by atoms with Crippen LogP contribution in [-0.2, 0) is 0 Å². The van der Waals surface area contributed by atoms with Gasteiger partial charge in [-0.05, 0) is 12.8 Å². The van der Waals surface area contributed by atoms with Crippen molar-refractivity contribution in [1.82, 2.24) is 0 Å². The Labute approximate surface area is 87.5 Å². The second-order valence-corrected chi connectivity index (χ2v) is 6.13. The van der Waals surface area contributed by atoms with E-state index in [1.54, 1.807) is 0 Å². The molecule has 0 aromatic rings. The van der Waals surface area contributed by atoms with Crippen molar-refractivity contribution in [2.24, 2.45) is 0 Å². The summed E-state index contributed by atoms with van der Waals surface area (Å²) in [5.41, 5.74) is 0. The maximum atomic E-state index is 3.77. The number of alkyl halides is 3. The van der Waals surface area contributed by atoms with Crippen molar-refractivity contribution >= 4 is 47.8 Å². The predicted molar refractivity (Wildman–Crippen MR) is 56.6 cm³/mol. The molecule has 2 atom stereocenters. The largest absolute Gasteiger partial charge is 0.0912 e. The average molecular weight is 335 g/mol. The highest BCUT2D eigenvalue weighted by molar-refractivity contribution is 9.14. The first-order chi connectivity index (χ1) is 4.69. The maximum absolute atomic E-state index is 3.77. The molecule has 0 aromatic heterocycles. The molecule has 3 heteroatoms. The molecule has 1 aliphatic carbocycles.